The standard InChI is InChI=1S/C13H11N5O/c14-11-6-10(16-17-11)13-15-12(18-19-13)9-5-7-3-1-2-4-8(7)9/h1-4,6,9H,5H2,(H3,14,16,17). The van der Waals surface area contributed by atoms with Crippen LogP contribution in [-0.2, 0) is 6.42 Å². The van der Waals surface area contributed by atoms with Gasteiger partial charge in [0.2, 0.25) is 0 Å². The maximum atomic E-state index is 5.55. The summed E-state index contributed by atoms with van der Waals surface area (Å²) in [6.45, 7) is 0. The predicted molar refractivity (Wildman–Crippen MR) is 68.3 cm³/mol. The molecule has 1 atom stereocenters. The minimum Gasteiger partial charge on any atom is -0.382 e. The van der Waals surface area contributed by atoms with Crippen molar-refractivity contribution in [3.05, 3.63) is 47.3 Å². The summed E-state index contributed by atoms with van der Waals surface area (Å²) in [4.78, 5) is 4.41. The minimum atomic E-state index is 0.231. The van der Waals surface area contributed by atoms with E-state index in [1.54, 1.807) is 6.07 Å². The SMILES string of the molecule is Nc1cc(-c2nc(C3Cc4ccccc43)no2)[nH]n1. The van der Waals surface area contributed by atoms with Crippen molar-refractivity contribution in [2.75, 3.05) is 5.73 Å². The zero-order valence-electron chi connectivity index (χ0n) is 10.00. The summed E-state index contributed by atoms with van der Waals surface area (Å²) in [6.07, 6.45) is 0.959. The molecular weight excluding hydrogens is 242 g/mol. The van der Waals surface area contributed by atoms with Crippen LogP contribution in [0.5, 0.6) is 0 Å². The van der Waals surface area contributed by atoms with Crippen LogP contribution in [0.15, 0.2) is 34.9 Å². The summed E-state index contributed by atoms with van der Waals surface area (Å²) in [5, 5.41) is 10.6. The maximum absolute atomic E-state index is 5.55. The average molecular weight is 253 g/mol. The van der Waals surface area contributed by atoms with Crippen molar-refractivity contribution in [3.8, 4) is 11.6 Å². The molecule has 0 spiro atoms. The van der Waals surface area contributed by atoms with Gasteiger partial charge in [-0.3, -0.25) is 5.10 Å². The molecule has 0 amide bonds. The smallest absolute Gasteiger partial charge is 0.276 e. The van der Waals surface area contributed by atoms with E-state index in [4.69, 9.17) is 10.3 Å². The van der Waals surface area contributed by atoms with Crippen LogP contribution in [0.3, 0.4) is 0 Å². The second-order valence-electron chi connectivity index (χ2n) is 4.62. The zero-order valence-corrected chi connectivity index (χ0v) is 10.00. The van der Waals surface area contributed by atoms with Gasteiger partial charge in [-0.25, -0.2) is 0 Å². The monoisotopic (exact) mass is 253 g/mol. The molecule has 2 aromatic heterocycles. The van der Waals surface area contributed by atoms with Crippen LogP contribution in [-0.4, -0.2) is 20.3 Å². The van der Waals surface area contributed by atoms with Gasteiger partial charge in [-0.2, -0.15) is 10.1 Å². The van der Waals surface area contributed by atoms with Crippen LogP contribution < -0.4 is 5.73 Å². The Labute approximate surface area is 108 Å². The van der Waals surface area contributed by atoms with E-state index in [1.165, 1.54) is 11.1 Å². The van der Waals surface area contributed by atoms with Gasteiger partial charge in [0, 0.05) is 6.07 Å². The quantitative estimate of drug-likeness (QED) is 0.725. The summed E-state index contributed by atoms with van der Waals surface area (Å²) < 4.78 is 5.25. The van der Waals surface area contributed by atoms with Gasteiger partial charge in [0.05, 0.1) is 5.92 Å². The number of fused-ring (bicyclic) bond motifs is 1. The van der Waals surface area contributed by atoms with Crippen molar-refractivity contribution < 1.29 is 4.52 Å². The molecule has 94 valence electrons. The fourth-order valence-corrected chi connectivity index (χ4v) is 2.42. The molecule has 3 aromatic rings. The minimum absolute atomic E-state index is 0.231. The highest BCUT2D eigenvalue weighted by Crippen LogP contribution is 2.38. The first kappa shape index (κ1) is 10.3. The van der Waals surface area contributed by atoms with Crippen LogP contribution in [0.25, 0.3) is 11.6 Å². The molecular formula is C13H11N5O. The summed E-state index contributed by atoms with van der Waals surface area (Å²) >= 11 is 0. The number of nitrogen functional groups attached to an aromatic ring is 1. The van der Waals surface area contributed by atoms with E-state index in [0.29, 0.717) is 23.2 Å². The van der Waals surface area contributed by atoms with Crippen LogP contribution in [0.2, 0.25) is 0 Å². The van der Waals surface area contributed by atoms with E-state index in [1.807, 2.05) is 12.1 Å². The molecule has 1 aromatic carbocycles. The number of aromatic amines is 1. The topological polar surface area (TPSA) is 93.6 Å². The van der Waals surface area contributed by atoms with Gasteiger partial charge in [-0.1, -0.05) is 29.4 Å². The van der Waals surface area contributed by atoms with Crippen molar-refractivity contribution in [1.82, 2.24) is 20.3 Å². The van der Waals surface area contributed by atoms with Crippen molar-refractivity contribution in [3.63, 3.8) is 0 Å². The Morgan fingerprint density at radius 1 is 1.32 bits per heavy atom. The van der Waals surface area contributed by atoms with E-state index in [9.17, 15) is 0 Å². The number of hydrogen-bond acceptors (Lipinski definition) is 5. The highest BCUT2D eigenvalue weighted by Gasteiger charge is 2.31. The number of nitrogens with zero attached hydrogens (tertiary/aromatic N) is 3. The highest BCUT2D eigenvalue weighted by atomic mass is 16.5. The lowest BCUT2D eigenvalue weighted by Crippen LogP contribution is -2.19. The third-order valence-electron chi connectivity index (χ3n) is 3.44. The number of nitrogens with one attached hydrogen (secondary N) is 1. The molecule has 0 bridgehead atoms. The molecule has 3 N–H and O–H groups in total. The van der Waals surface area contributed by atoms with Gasteiger partial charge in [0.15, 0.2) is 5.82 Å². The van der Waals surface area contributed by atoms with Crippen LogP contribution in [0.4, 0.5) is 5.82 Å². The lowest BCUT2D eigenvalue weighted by molar-refractivity contribution is 0.415. The third kappa shape index (κ3) is 1.53. The third-order valence-corrected chi connectivity index (χ3v) is 3.44. The van der Waals surface area contributed by atoms with Gasteiger partial charge in [0.1, 0.15) is 11.5 Å². The van der Waals surface area contributed by atoms with Crippen molar-refractivity contribution in [1.29, 1.82) is 0 Å². The molecule has 0 radical (unpaired) electrons. The summed E-state index contributed by atoms with van der Waals surface area (Å²) in [6, 6.07) is 9.98. The van der Waals surface area contributed by atoms with Crippen molar-refractivity contribution in [2.24, 2.45) is 0 Å². The Balaban J connectivity index is 1.67. The summed E-state index contributed by atoms with van der Waals surface area (Å²) in [5.74, 6) is 1.77. The van der Waals surface area contributed by atoms with E-state index in [-0.39, 0.29) is 5.92 Å². The molecule has 0 aliphatic heterocycles. The molecule has 2 heterocycles. The number of H-pyrrole nitrogens is 1. The van der Waals surface area contributed by atoms with E-state index < -0.39 is 0 Å². The first-order valence-corrected chi connectivity index (χ1v) is 6.04. The Bertz CT molecular complexity index is 745. The Kier molecular flexibility index (Phi) is 2.00. The number of benzene rings is 1. The molecule has 6 nitrogen and oxygen atoms in total. The van der Waals surface area contributed by atoms with Gasteiger partial charge < -0.3 is 10.3 Å². The second-order valence-corrected chi connectivity index (χ2v) is 4.62. The molecule has 0 fully saturated rings. The first-order valence-electron chi connectivity index (χ1n) is 6.04. The fourth-order valence-electron chi connectivity index (χ4n) is 2.42. The lowest BCUT2D eigenvalue weighted by atomic mass is 9.77. The second kappa shape index (κ2) is 3.68. The number of aromatic nitrogens is 4. The van der Waals surface area contributed by atoms with Crippen LogP contribution >= 0.6 is 0 Å². The van der Waals surface area contributed by atoms with E-state index in [2.05, 4.69) is 32.5 Å². The molecule has 4 rings (SSSR count). The first-order chi connectivity index (χ1) is 9.31. The Morgan fingerprint density at radius 2 is 2.21 bits per heavy atom. The molecule has 1 unspecified atom stereocenters. The summed E-state index contributed by atoms with van der Waals surface area (Å²) in [7, 11) is 0. The summed E-state index contributed by atoms with van der Waals surface area (Å²) in [5.41, 5.74) is 8.82. The average Bonchev–Trinajstić information content (AvgIpc) is 3.00. The lowest BCUT2D eigenvalue weighted by Gasteiger charge is -2.27. The van der Waals surface area contributed by atoms with E-state index in [0.717, 1.165) is 6.42 Å². The zero-order chi connectivity index (χ0) is 12.8. The van der Waals surface area contributed by atoms with Crippen molar-refractivity contribution >= 4 is 5.82 Å². The molecule has 1 aliphatic rings. The van der Waals surface area contributed by atoms with Gasteiger partial charge >= 0.3 is 0 Å². The highest BCUT2D eigenvalue weighted by molar-refractivity contribution is 5.52. The van der Waals surface area contributed by atoms with E-state index >= 15 is 0 Å². The Morgan fingerprint density at radius 3 is 3.00 bits per heavy atom. The van der Waals surface area contributed by atoms with Gasteiger partial charge in [-0.05, 0) is 17.5 Å². The molecule has 19 heavy (non-hydrogen) atoms. The largest absolute Gasteiger partial charge is 0.382 e. The number of hydrogen-bond donors (Lipinski definition) is 2. The predicted octanol–water partition coefficient (Wildman–Crippen LogP) is 1.73. The van der Waals surface area contributed by atoms with Crippen LogP contribution in [0.1, 0.15) is 22.9 Å². The van der Waals surface area contributed by atoms with Gasteiger partial charge in [-0.15, -0.1) is 0 Å². The number of rotatable bonds is 2. The van der Waals surface area contributed by atoms with Crippen molar-refractivity contribution in [2.45, 2.75) is 12.3 Å². The molecule has 6 heteroatoms. The molecule has 1 aliphatic carbocycles. The maximum Gasteiger partial charge on any atom is 0.276 e. The fraction of sp³-hybridized carbons (Fsp3) is 0.154. The number of anilines is 1. The van der Waals surface area contributed by atoms with Gasteiger partial charge in [0.25, 0.3) is 5.89 Å². The molecule has 0 saturated carbocycles. The Hall–Kier alpha value is -2.63. The van der Waals surface area contributed by atoms with Crippen LogP contribution in [0, 0.1) is 0 Å². The molecule has 0 saturated heterocycles. The number of nitrogens with two attached hydrogens (primary N) is 1. The normalized spacial score (nSPS) is 16.9.